The number of thiocarbonyl (C=S) groups is 1. The lowest BCUT2D eigenvalue weighted by Crippen LogP contribution is -2.24. The van der Waals surface area contributed by atoms with Crippen molar-refractivity contribution in [1.29, 1.82) is 0 Å². The van der Waals surface area contributed by atoms with Gasteiger partial charge in [0.2, 0.25) is 0 Å². The van der Waals surface area contributed by atoms with Crippen LogP contribution in [0.1, 0.15) is 0 Å². The second-order valence-electron chi connectivity index (χ2n) is 2.73. The molecule has 0 spiro atoms. The quantitative estimate of drug-likeness (QED) is 0.698. The van der Waals surface area contributed by atoms with Crippen molar-refractivity contribution in [2.75, 3.05) is 12.4 Å². The van der Waals surface area contributed by atoms with Gasteiger partial charge in [-0.15, -0.1) is 0 Å². The second-order valence-corrected chi connectivity index (χ2v) is 3.14. The second kappa shape index (κ2) is 3.63. The topological polar surface area (TPSA) is 50.1 Å². The molecule has 2 aromatic rings. The first kappa shape index (κ1) is 8.96. The van der Waals surface area contributed by atoms with E-state index in [-0.39, 0.29) is 0 Å². The first-order valence-electron chi connectivity index (χ1n) is 4.14. The zero-order valence-electron chi connectivity index (χ0n) is 7.57. The maximum atomic E-state index is 5.09. The number of benzene rings is 1. The van der Waals surface area contributed by atoms with Gasteiger partial charge in [0.25, 0.3) is 0 Å². The van der Waals surface area contributed by atoms with Crippen molar-refractivity contribution in [3.63, 3.8) is 0 Å². The summed E-state index contributed by atoms with van der Waals surface area (Å²) in [6, 6.07) is 7.60. The maximum absolute atomic E-state index is 5.09. The Morgan fingerprint density at radius 3 is 3.00 bits per heavy atom. The van der Waals surface area contributed by atoms with Crippen molar-refractivity contribution in [1.82, 2.24) is 10.5 Å². The van der Waals surface area contributed by atoms with E-state index < -0.39 is 0 Å². The Kier molecular flexibility index (Phi) is 2.32. The van der Waals surface area contributed by atoms with Gasteiger partial charge in [-0.25, -0.2) is 0 Å². The summed E-state index contributed by atoms with van der Waals surface area (Å²) >= 11 is 4.96. The molecule has 1 aromatic heterocycles. The number of rotatable bonds is 1. The van der Waals surface area contributed by atoms with Crippen molar-refractivity contribution in [2.45, 2.75) is 0 Å². The lowest BCUT2D eigenvalue weighted by Gasteiger charge is -2.01. The molecule has 0 aliphatic carbocycles. The van der Waals surface area contributed by atoms with Gasteiger partial charge >= 0.3 is 0 Å². The van der Waals surface area contributed by atoms with Crippen molar-refractivity contribution in [2.24, 2.45) is 0 Å². The fourth-order valence-corrected chi connectivity index (χ4v) is 1.24. The third kappa shape index (κ3) is 1.54. The summed E-state index contributed by atoms with van der Waals surface area (Å²) in [5.74, 6) is 0.639. The first-order chi connectivity index (χ1) is 6.81. The minimum Gasteiger partial charge on any atom is -0.365 e. The van der Waals surface area contributed by atoms with Crippen LogP contribution < -0.4 is 10.6 Å². The molecule has 0 bridgehead atoms. The number of nitrogens with zero attached hydrogens (tertiary/aromatic N) is 1. The van der Waals surface area contributed by atoms with E-state index in [9.17, 15) is 0 Å². The SMILES string of the molecule is CNC(=S)Nc1noc2ccccc12. The Hall–Kier alpha value is -1.62. The summed E-state index contributed by atoms with van der Waals surface area (Å²) in [6.45, 7) is 0. The van der Waals surface area contributed by atoms with Gasteiger partial charge in [-0.3, -0.25) is 0 Å². The number of hydrogen-bond acceptors (Lipinski definition) is 3. The largest absolute Gasteiger partial charge is 0.365 e. The third-order valence-electron chi connectivity index (χ3n) is 1.84. The summed E-state index contributed by atoms with van der Waals surface area (Å²) in [5, 5.41) is 11.0. The van der Waals surface area contributed by atoms with Gasteiger partial charge in [0, 0.05) is 7.05 Å². The van der Waals surface area contributed by atoms with E-state index in [2.05, 4.69) is 15.8 Å². The molecule has 0 amide bonds. The van der Waals surface area contributed by atoms with Crippen molar-refractivity contribution in [3.8, 4) is 0 Å². The van der Waals surface area contributed by atoms with Gasteiger partial charge in [-0.05, 0) is 24.4 Å². The highest BCUT2D eigenvalue weighted by atomic mass is 32.1. The summed E-state index contributed by atoms with van der Waals surface area (Å²) < 4.78 is 5.09. The highest BCUT2D eigenvalue weighted by molar-refractivity contribution is 7.80. The summed E-state index contributed by atoms with van der Waals surface area (Å²) in [4.78, 5) is 0. The van der Waals surface area contributed by atoms with E-state index in [4.69, 9.17) is 16.7 Å². The van der Waals surface area contributed by atoms with Gasteiger partial charge in [0.05, 0.1) is 5.39 Å². The predicted molar refractivity (Wildman–Crippen MR) is 59.3 cm³/mol. The van der Waals surface area contributed by atoms with Gasteiger partial charge < -0.3 is 15.2 Å². The Morgan fingerprint density at radius 2 is 2.21 bits per heavy atom. The molecule has 0 unspecified atom stereocenters. The van der Waals surface area contributed by atoms with E-state index in [0.717, 1.165) is 11.0 Å². The van der Waals surface area contributed by atoms with Crippen LogP contribution in [0.25, 0.3) is 11.0 Å². The molecule has 0 atom stereocenters. The van der Waals surface area contributed by atoms with Crippen LogP contribution in [-0.4, -0.2) is 17.3 Å². The maximum Gasteiger partial charge on any atom is 0.183 e. The number of fused-ring (bicyclic) bond motifs is 1. The number of para-hydroxylation sites is 1. The zero-order chi connectivity index (χ0) is 9.97. The molecule has 0 fully saturated rings. The molecule has 0 aliphatic rings. The Balaban J connectivity index is 2.38. The first-order valence-corrected chi connectivity index (χ1v) is 4.55. The minimum absolute atomic E-state index is 0.518. The lowest BCUT2D eigenvalue weighted by molar-refractivity contribution is 0.460. The molecule has 1 aromatic carbocycles. The lowest BCUT2D eigenvalue weighted by atomic mass is 10.2. The zero-order valence-corrected chi connectivity index (χ0v) is 8.39. The molecule has 2 N–H and O–H groups in total. The van der Waals surface area contributed by atoms with Crippen LogP contribution in [0.4, 0.5) is 5.82 Å². The fourth-order valence-electron chi connectivity index (χ4n) is 1.15. The minimum atomic E-state index is 0.518. The number of aromatic nitrogens is 1. The van der Waals surface area contributed by atoms with E-state index >= 15 is 0 Å². The van der Waals surface area contributed by atoms with Crippen LogP contribution in [-0.2, 0) is 0 Å². The van der Waals surface area contributed by atoms with Crippen molar-refractivity contribution >= 4 is 34.1 Å². The molecule has 4 nitrogen and oxygen atoms in total. The molecule has 2 rings (SSSR count). The van der Waals surface area contributed by atoms with Gasteiger partial charge in [0.15, 0.2) is 16.5 Å². The predicted octanol–water partition coefficient (Wildman–Crippen LogP) is 1.74. The van der Waals surface area contributed by atoms with E-state index in [1.165, 1.54) is 0 Å². The van der Waals surface area contributed by atoms with Crippen LogP contribution in [0.5, 0.6) is 0 Å². The third-order valence-corrected chi connectivity index (χ3v) is 2.14. The van der Waals surface area contributed by atoms with Crippen molar-refractivity contribution in [3.05, 3.63) is 24.3 Å². The summed E-state index contributed by atoms with van der Waals surface area (Å²) in [5.41, 5.74) is 0.744. The molecular weight excluding hydrogens is 198 g/mol. The number of nitrogens with one attached hydrogen (secondary N) is 2. The Morgan fingerprint density at radius 1 is 1.43 bits per heavy atom. The van der Waals surface area contributed by atoms with Gasteiger partial charge in [-0.2, -0.15) is 0 Å². The van der Waals surface area contributed by atoms with Gasteiger partial charge in [-0.1, -0.05) is 17.3 Å². The fraction of sp³-hybridized carbons (Fsp3) is 0.111. The van der Waals surface area contributed by atoms with E-state index in [0.29, 0.717) is 10.9 Å². The Labute approximate surface area is 86.3 Å². The van der Waals surface area contributed by atoms with Crippen LogP contribution in [0.2, 0.25) is 0 Å². The number of hydrogen-bond donors (Lipinski definition) is 2. The molecule has 1 heterocycles. The molecule has 0 aliphatic heterocycles. The van der Waals surface area contributed by atoms with E-state index in [1.54, 1.807) is 7.05 Å². The highest BCUT2D eigenvalue weighted by Gasteiger charge is 2.06. The van der Waals surface area contributed by atoms with Crippen LogP contribution in [0.3, 0.4) is 0 Å². The molecule has 0 saturated carbocycles. The monoisotopic (exact) mass is 207 g/mol. The molecule has 5 heteroatoms. The molecule has 72 valence electrons. The summed E-state index contributed by atoms with van der Waals surface area (Å²) in [6.07, 6.45) is 0. The molecule has 14 heavy (non-hydrogen) atoms. The van der Waals surface area contributed by atoms with Crippen LogP contribution in [0, 0.1) is 0 Å². The highest BCUT2D eigenvalue weighted by Crippen LogP contribution is 2.21. The standard InChI is InChI=1S/C9H9N3OS/c1-10-9(14)11-8-6-4-2-3-5-7(6)13-12-8/h2-5H,1H3,(H2,10,11,12,14). The van der Waals surface area contributed by atoms with Gasteiger partial charge in [0.1, 0.15) is 0 Å². The van der Waals surface area contributed by atoms with Crippen LogP contribution in [0.15, 0.2) is 28.8 Å². The average Bonchev–Trinajstić information content (AvgIpc) is 2.62. The van der Waals surface area contributed by atoms with Crippen LogP contribution >= 0.6 is 12.2 Å². The average molecular weight is 207 g/mol. The van der Waals surface area contributed by atoms with E-state index in [1.807, 2.05) is 24.3 Å². The molecule has 0 saturated heterocycles. The Bertz CT molecular complexity index is 466. The van der Waals surface area contributed by atoms with Crippen molar-refractivity contribution < 1.29 is 4.52 Å². The summed E-state index contributed by atoms with van der Waals surface area (Å²) in [7, 11) is 1.75. The number of anilines is 1. The molecular formula is C9H9N3OS. The normalized spacial score (nSPS) is 10.1. The smallest absolute Gasteiger partial charge is 0.183 e. The molecule has 0 radical (unpaired) electrons.